The van der Waals surface area contributed by atoms with Crippen molar-refractivity contribution < 1.29 is 14.3 Å². The summed E-state index contributed by atoms with van der Waals surface area (Å²) >= 11 is 1.45. The summed E-state index contributed by atoms with van der Waals surface area (Å²) in [6.07, 6.45) is 0.148. The number of rotatable bonds is 2. The fourth-order valence-corrected chi connectivity index (χ4v) is 3.47. The minimum atomic E-state index is 0.0475. The largest absolute Gasteiger partial charge is 0.473 e. The van der Waals surface area contributed by atoms with Gasteiger partial charge < -0.3 is 14.4 Å². The van der Waals surface area contributed by atoms with E-state index in [1.807, 2.05) is 36.9 Å². The zero-order chi connectivity index (χ0) is 15.0. The summed E-state index contributed by atoms with van der Waals surface area (Å²) in [6.45, 7) is 5.25. The SMILES string of the molecule is COc1nc2ccc(C(=O)N3CC(C)OC(C)C3)cc2s1. The highest BCUT2D eigenvalue weighted by atomic mass is 32.1. The van der Waals surface area contributed by atoms with Crippen LogP contribution in [0.25, 0.3) is 10.2 Å². The molecule has 3 rings (SSSR count). The zero-order valence-corrected chi connectivity index (χ0v) is 13.1. The van der Waals surface area contributed by atoms with Gasteiger partial charge in [-0.2, -0.15) is 0 Å². The number of thiazole rings is 1. The maximum atomic E-state index is 12.6. The van der Waals surface area contributed by atoms with Gasteiger partial charge in [0.25, 0.3) is 11.1 Å². The molecule has 6 heteroatoms. The number of benzene rings is 1. The van der Waals surface area contributed by atoms with Crippen LogP contribution in [-0.4, -0.2) is 48.2 Å². The van der Waals surface area contributed by atoms with Crippen molar-refractivity contribution in [1.82, 2.24) is 9.88 Å². The average Bonchev–Trinajstić information content (AvgIpc) is 2.87. The highest BCUT2D eigenvalue weighted by Gasteiger charge is 2.26. The summed E-state index contributed by atoms with van der Waals surface area (Å²) in [6, 6.07) is 5.59. The standard InChI is InChI=1S/C15H18N2O3S/c1-9-7-17(8-10(2)20-9)14(18)11-4-5-12-13(6-11)21-15(16-12)19-3/h4-6,9-10H,7-8H2,1-3H3. The fourth-order valence-electron chi connectivity index (χ4n) is 2.65. The van der Waals surface area contributed by atoms with Gasteiger partial charge in [-0.1, -0.05) is 11.3 Å². The molecule has 0 radical (unpaired) electrons. The van der Waals surface area contributed by atoms with Crippen LogP contribution in [0.5, 0.6) is 5.19 Å². The lowest BCUT2D eigenvalue weighted by Gasteiger charge is -2.35. The van der Waals surface area contributed by atoms with Gasteiger partial charge in [0, 0.05) is 18.7 Å². The van der Waals surface area contributed by atoms with Gasteiger partial charge in [0.05, 0.1) is 29.5 Å². The van der Waals surface area contributed by atoms with E-state index in [9.17, 15) is 4.79 Å². The van der Waals surface area contributed by atoms with E-state index >= 15 is 0 Å². The Bertz CT molecular complexity index is 660. The van der Waals surface area contributed by atoms with Crippen molar-refractivity contribution in [3.05, 3.63) is 23.8 Å². The summed E-state index contributed by atoms with van der Waals surface area (Å²) in [7, 11) is 1.60. The van der Waals surface area contributed by atoms with Gasteiger partial charge in [0.2, 0.25) is 0 Å². The predicted octanol–water partition coefficient (Wildman–Crippen LogP) is 2.55. The first kappa shape index (κ1) is 14.3. The molecule has 1 fully saturated rings. The number of methoxy groups -OCH3 is 1. The number of morpholine rings is 1. The Labute approximate surface area is 127 Å². The second-order valence-corrected chi connectivity index (χ2v) is 6.33. The lowest BCUT2D eigenvalue weighted by molar-refractivity contribution is -0.0586. The van der Waals surface area contributed by atoms with Crippen molar-refractivity contribution in [2.24, 2.45) is 0 Å². The van der Waals surface area contributed by atoms with Crippen LogP contribution in [-0.2, 0) is 4.74 Å². The fraction of sp³-hybridized carbons (Fsp3) is 0.467. The molecule has 112 valence electrons. The minimum absolute atomic E-state index is 0.0475. The van der Waals surface area contributed by atoms with E-state index < -0.39 is 0 Å². The van der Waals surface area contributed by atoms with Crippen LogP contribution in [0.1, 0.15) is 24.2 Å². The van der Waals surface area contributed by atoms with E-state index in [-0.39, 0.29) is 18.1 Å². The molecule has 5 nitrogen and oxygen atoms in total. The Balaban J connectivity index is 1.86. The monoisotopic (exact) mass is 306 g/mol. The number of carbonyl (C=O) groups is 1. The molecule has 2 unspecified atom stereocenters. The van der Waals surface area contributed by atoms with Gasteiger partial charge in [0.15, 0.2) is 0 Å². The highest BCUT2D eigenvalue weighted by molar-refractivity contribution is 7.20. The third-order valence-corrected chi connectivity index (χ3v) is 4.48. The number of carbonyl (C=O) groups excluding carboxylic acids is 1. The van der Waals surface area contributed by atoms with Crippen LogP contribution in [0.15, 0.2) is 18.2 Å². The van der Waals surface area contributed by atoms with E-state index in [0.717, 1.165) is 10.2 Å². The molecule has 1 aromatic carbocycles. The van der Waals surface area contributed by atoms with Crippen LogP contribution >= 0.6 is 11.3 Å². The maximum absolute atomic E-state index is 12.6. The lowest BCUT2D eigenvalue weighted by atomic mass is 10.1. The second kappa shape index (κ2) is 5.61. The van der Waals surface area contributed by atoms with Gasteiger partial charge in [-0.3, -0.25) is 4.79 Å². The first-order valence-electron chi connectivity index (χ1n) is 6.96. The summed E-state index contributed by atoms with van der Waals surface area (Å²) in [5, 5.41) is 0.614. The van der Waals surface area contributed by atoms with E-state index in [0.29, 0.717) is 23.8 Å². The van der Waals surface area contributed by atoms with Crippen LogP contribution < -0.4 is 4.74 Å². The molecule has 0 spiro atoms. The van der Waals surface area contributed by atoms with E-state index in [2.05, 4.69) is 4.98 Å². The number of aromatic nitrogens is 1. The summed E-state index contributed by atoms with van der Waals surface area (Å²) < 4.78 is 11.8. The second-order valence-electron chi connectivity index (χ2n) is 5.33. The van der Waals surface area contributed by atoms with Gasteiger partial charge in [-0.25, -0.2) is 4.98 Å². The number of amides is 1. The van der Waals surface area contributed by atoms with Gasteiger partial charge in [-0.05, 0) is 32.0 Å². The van der Waals surface area contributed by atoms with Crippen LogP contribution in [0, 0.1) is 0 Å². The summed E-state index contributed by atoms with van der Waals surface area (Å²) in [5.74, 6) is 0.0475. The third kappa shape index (κ3) is 2.87. The molecule has 1 saturated heterocycles. The van der Waals surface area contributed by atoms with E-state index in [1.54, 1.807) is 7.11 Å². The van der Waals surface area contributed by atoms with Gasteiger partial charge in [-0.15, -0.1) is 0 Å². The van der Waals surface area contributed by atoms with Crippen LogP contribution in [0.4, 0.5) is 0 Å². The maximum Gasteiger partial charge on any atom is 0.274 e. The number of hydrogen-bond acceptors (Lipinski definition) is 5. The van der Waals surface area contributed by atoms with Crippen molar-refractivity contribution in [2.75, 3.05) is 20.2 Å². The molecular weight excluding hydrogens is 288 g/mol. The highest BCUT2D eigenvalue weighted by Crippen LogP contribution is 2.28. The number of nitrogens with zero attached hydrogens (tertiary/aromatic N) is 2. The summed E-state index contributed by atoms with van der Waals surface area (Å²) in [4.78, 5) is 18.8. The number of fused-ring (bicyclic) bond motifs is 1. The minimum Gasteiger partial charge on any atom is -0.473 e. The zero-order valence-electron chi connectivity index (χ0n) is 12.3. The molecule has 2 aromatic rings. The first-order chi connectivity index (χ1) is 10.1. The molecule has 0 bridgehead atoms. The normalized spacial score (nSPS) is 22.5. The molecule has 0 saturated carbocycles. The Morgan fingerprint density at radius 1 is 1.38 bits per heavy atom. The topological polar surface area (TPSA) is 51.7 Å². The molecule has 1 aliphatic heterocycles. The van der Waals surface area contributed by atoms with Crippen molar-refractivity contribution in [3.8, 4) is 5.19 Å². The molecule has 21 heavy (non-hydrogen) atoms. The smallest absolute Gasteiger partial charge is 0.274 e. The molecule has 1 aliphatic rings. The Morgan fingerprint density at radius 2 is 2.10 bits per heavy atom. The van der Waals surface area contributed by atoms with Crippen molar-refractivity contribution in [2.45, 2.75) is 26.1 Å². The number of ether oxygens (including phenoxy) is 2. The molecule has 2 heterocycles. The molecule has 0 N–H and O–H groups in total. The number of hydrogen-bond donors (Lipinski definition) is 0. The lowest BCUT2D eigenvalue weighted by Crippen LogP contribution is -2.48. The molecule has 1 amide bonds. The van der Waals surface area contributed by atoms with E-state index in [4.69, 9.17) is 9.47 Å². The molecule has 2 atom stereocenters. The molecule has 1 aromatic heterocycles. The Kier molecular flexibility index (Phi) is 3.82. The average molecular weight is 306 g/mol. The van der Waals surface area contributed by atoms with Crippen molar-refractivity contribution in [3.63, 3.8) is 0 Å². The first-order valence-corrected chi connectivity index (χ1v) is 7.78. The van der Waals surface area contributed by atoms with Crippen LogP contribution in [0.3, 0.4) is 0 Å². The summed E-state index contributed by atoms with van der Waals surface area (Å²) in [5.41, 5.74) is 1.55. The van der Waals surface area contributed by atoms with Gasteiger partial charge >= 0.3 is 0 Å². The quantitative estimate of drug-likeness (QED) is 0.855. The van der Waals surface area contributed by atoms with Crippen LogP contribution in [0.2, 0.25) is 0 Å². The molecule has 0 aliphatic carbocycles. The van der Waals surface area contributed by atoms with Gasteiger partial charge in [0.1, 0.15) is 0 Å². The van der Waals surface area contributed by atoms with E-state index in [1.165, 1.54) is 11.3 Å². The Hall–Kier alpha value is -1.66. The molecular formula is C15H18N2O3S. The predicted molar refractivity (Wildman–Crippen MR) is 82.1 cm³/mol. The van der Waals surface area contributed by atoms with Crippen molar-refractivity contribution in [1.29, 1.82) is 0 Å². The van der Waals surface area contributed by atoms with Crippen molar-refractivity contribution >= 4 is 27.5 Å². The Morgan fingerprint density at radius 3 is 2.76 bits per heavy atom. The third-order valence-electron chi connectivity index (χ3n) is 3.50.